The van der Waals surface area contributed by atoms with E-state index >= 15 is 0 Å². The van der Waals surface area contributed by atoms with Crippen LogP contribution >= 0.6 is 11.8 Å². The van der Waals surface area contributed by atoms with Gasteiger partial charge in [0.2, 0.25) is 0 Å². The molecule has 15 heavy (non-hydrogen) atoms. The van der Waals surface area contributed by atoms with Gasteiger partial charge in [0.15, 0.2) is 0 Å². The van der Waals surface area contributed by atoms with Crippen molar-refractivity contribution in [3.8, 4) is 0 Å². The average Bonchev–Trinajstić information content (AvgIpc) is 2.25. The van der Waals surface area contributed by atoms with E-state index in [4.69, 9.17) is 4.74 Å². The molecule has 0 aromatic carbocycles. The van der Waals surface area contributed by atoms with Crippen LogP contribution < -0.4 is 5.32 Å². The first-order chi connectivity index (χ1) is 7.16. The molecule has 90 valence electrons. The highest BCUT2D eigenvalue weighted by Crippen LogP contribution is 2.26. The Morgan fingerprint density at radius 2 is 2.13 bits per heavy atom. The summed E-state index contributed by atoms with van der Waals surface area (Å²) < 4.78 is 5.32. The summed E-state index contributed by atoms with van der Waals surface area (Å²) in [5.41, 5.74) is -0.480. The lowest BCUT2D eigenvalue weighted by molar-refractivity contribution is 0.0256. The lowest BCUT2D eigenvalue weighted by Gasteiger charge is -2.33. The molecule has 0 amide bonds. The van der Waals surface area contributed by atoms with Gasteiger partial charge >= 0.3 is 0 Å². The molecule has 1 saturated heterocycles. The van der Waals surface area contributed by atoms with Gasteiger partial charge in [-0.25, -0.2) is 0 Å². The van der Waals surface area contributed by atoms with Gasteiger partial charge in [0.05, 0.1) is 12.2 Å². The summed E-state index contributed by atoms with van der Waals surface area (Å²) >= 11 is 1.93. The molecule has 1 heterocycles. The van der Waals surface area contributed by atoms with Crippen LogP contribution in [0.5, 0.6) is 0 Å². The van der Waals surface area contributed by atoms with Gasteiger partial charge in [-0.1, -0.05) is 0 Å². The molecule has 2 N–H and O–H groups in total. The lowest BCUT2D eigenvalue weighted by atomic mass is 9.96. The number of hydrogen-bond acceptors (Lipinski definition) is 4. The second kappa shape index (κ2) is 6.74. The van der Waals surface area contributed by atoms with Crippen molar-refractivity contribution in [3.63, 3.8) is 0 Å². The second-order valence-electron chi connectivity index (χ2n) is 4.28. The Hall–Kier alpha value is 0.230. The largest absolute Gasteiger partial charge is 0.389 e. The summed E-state index contributed by atoms with van der Waals surface area (Å²) in [4.78, 5) is 0. The van der Waals surface area contributed by atoms with Crippen molar-refractivity contribution in [1.29, 1.82) is 0 Å². The fourth-order valence-electron chi connectivity index (χ4n) is 1.65. The van der Waals surface area contributed by atoms with Crippen LogP contribution in [-0.2, 0) is 4.74 Å². The van der Waals surface area contributed by atoms with Crippen LogP contribution in [0.2, 0.25) is 0 Å². The van der Waals surface area contributed by atoms with Crippen LogP contribution in [0.4, 0.5) is 0 Å². The van der Waals surface area contributed by atoms with Crippen molar-refractivity contribution >= 4 is 11.8 Å². The van der Waals surface area contributed by atoms with Crippen molar-refractivity contribution < 1.29 is 9.84 Å². The summed E-state index contributed by atoms with van der Waals surface area (Å²) in [7, 11) is 0. The van der Waals surface area contributed by atoms with E-state index in [2.05, 4.69) is 12.2 Å². The third-order valence-electron chi connectivity index (χ3n) is 2.78. The lowest BCUT2D eigenvalue weighted by Crippen LogP contribution is -2.47. The molecule has 0 aromatic rings. The van der Waals surface area contributed by atoms with Gasteiger partial charge < -0.3 is 15.2 Å². The summed E-state index contributed by atoms with van der Waals surface area (Å²) in [6.07, 6.45) is 1.82. The second-order valence-corrected chi connectivity index (χ2v) is 5.50. The van der Waals surface area contributed by atoms with Gasteiger partial charge in [-0.05, 0) is 38.2 Å². The van der Waals surface area contributed by atoms with Crippen LogP contribution in [0.15, 0.2) is 0 Å². The summed E-state index contributed by atoms with van der Waals surface area (Å²) in [5.74, 6) is 2.16. The van der Waals surface area contributed by atoms with Gasteiger partial charge in [0.25, 0.3) is 0 Å². The van der Waals surface area contributed by atoms with Gasteiger partial charge in [-0.2, -0.15) is 11.8 Å². The van der Waals surface area contributed by atoms with E-state index in [0.717, 1.165) is 37.6 Å². The summed E-state index contributed by atoms with van der Waals surface area (Å²) in [6, 6.07) is 0.323. The molecule has 1 fully saturated rings. The van der Waals surface area contributed by atoms with Crippen LogP contribution in [0.25, 0.3) is 0 Å². The predicted octanol–water partition coefficient (Wildman–Crippen LogP) is 1.26. The van der Waals surface area contributed by atoms with Crippen LogP contribution in [0.3, 0.4) is 0 Å². The molecule has 1 aliphatic rings. The normalized spacial score (nSPS) is 22.6. The molecule has 4 heteroatoms. The Kier molecular flexibility index (Phi) is 5.97. The minimum absolute atomic E-state index is 0.323. The molecule has 1 atom stereocenters. The quantitative estimate of drug-likeness (QED) is 0.725. The highest BCUT2D eigenvalue weighted by atomic mass is 32.2. The number of nitrogens with one attached hydrogen (secondary N) is 1. The Bertz CT molecular complexity index is 172. The minimum Gasteiger partial charge on any atom is -0.389 e. The number of thioether (sulfide) groups is 1. The van der Waals surface area contributed by atoms with Crippen molar-refractivity contribution in [1.82, 2.24) is 5.32 Å². The maximum Gasteiger partial charge on any atom is 0.0787 e. The van der Waals surface area contributed by atoms with E-state index in [-0.39, 0.29) is 0 Å². The molecule has 0 saturated carbocycles. The van der Waals surface area contributed by atoms with Crippen LogP contribution in [0, 0.1) is 0 Å². The number of rotatable bonds is 6. The Balaban J connectivity index is 2.16. The van der Waals surface area contributed by atoms with E-state index in [9.17, 15) is 5.11 Å². The van der Waals surface area contributed by atoms with Gasteiger partial charge in [0.1, 0.15) is 0 Å². The van der Waals surface area contributed by atoms with Crippen LogP contribution in [-0.4, -0.2) is 48.0 Å². The molecular formula is C11H23NO2S. The van der Waals surface area contributed by atoms with E-state index in [1.54, 1.807) is 0 Å². The third-order valence-corrected chi connectivity index (χ3v) is 3.76. The molecule has 1 unspecified atom stereocenters. The number of hydrogen-bond donors (Lipinski definition) is 2. The maximum absolute atomic E-state index is 10.2. The Labute approximate surface area is 97.0 Å². The fraction of sp³-hybridized carbons (Fsp3) is 1.00. The predicted molar refractivity (Wildman–Crippen MR) is 65.5 cm³/mol. The standard InChI is InChI=1S/C11H23NO2S/c1-3-14-8-10(2)12-9-11(13)4-6-15-7-5-11/h10,12-13H,3-9H2,1-2H3. The van der Waals surface area contributed by atoms with Crippen LogP contribution in [0.1, 0.15) is 26.7 Å². The first-order valence-electron chi connectivity index (χ1n) is 5.77. The third kappa shape index (κ3) is 5.20. The van der Waals surface area contributed by atoms with Gasteiger partial charge in [0, 0.05) is 19.2 Å². The Morgan fingerprint density at radius 3 is 2.73 bits per heavy atom. The van der Waals surface area contributed by atoms with E-state index in [1.165, 1.54) is 0 Å². The van der Waals surface area contributed by atoms with Gasteiger partial charge in [-0.3, -0.25) is 0 Å². The molecule has 0 bridgehead atoms. The molecule has 1 rings (SSSR count). The maximum atomic E-state index is 10.2. The monoisotopic (exact) mass is 233 g/mol. The Morgan fingerprint density at radius 1 is 1.47 bits per heavy atom. The zero-order valence-corrected chi connectivity index (χ0v) is 10.6. The van der Waals surface area contributed by atoms with E-state index in [1.807, 2.05) is 18.7 Å². The topological polar surface area (TPSA) is 41.5 Å². The average molecular weight is 233 g/mol. The molecule has 0 radical (unpaired) electrons. The van der Waals surface area contributed by atoms with Crippen molar-refractivity contribution in [2.45, 2.75) is 38.3 Å². The molecule has 1 aliphatic heterocycles. The zero-order valence-electron chi connectivity index (χ0n) is 9.79. The highest BCUT2D eigenvalue weighted by molar-refractivity contribution is 7.99. The summed E-state index contributed by atoms with van der Waals surface area (Å²) in [5, 5.41) is 13.6. The van der Waals surface area contributed by atoms with Crippen molar-refractivity contribution in [3.05, 3.63) is 0 Å². The van der Waals surface area contributed by atoms with E-state index in [0.29, 0.717) is 12.6 Å². The van der Waals surface area contributed by atoms with Crippen molar-refractivity contribution in [2.24, 2.45) is 0 Å². The molecular weight excluding hydrogens is 210 g/mol. The zero-order chi connectivity index (χ0) is 11.1. The SMILES string of the molecule is CCOCC(C)NCC1(O)CCSCC1. The fourth-order valence-corrected chi connectivity index (χ4v) is 2.90. The van der Waals surface area contributed by atoms with Gasteiger partial charge in [-0.15, -0.1) is 0 Å². The molecule has 3 nitrogen and oxygen atoms in total. The number of aliphatic hydroxyl groups is 1. The first-order valence-corrected chi connectivity index (χ1v) is 6.93. The van der Waals surface area contributed by atoms with Crippen molar-refractivity contribution in [2.75, 3.05) is 31.3 Å². The smallest absolute Gasteiger partial charge is 0.0787 e. The molecule has 0 aromatic heterocycles. The first kappa shape index (κ1) is 13.3. The minimum atomic E-state index is -0.480. The number of ether oxygens (including phenoxy) is 1. The molecule has 0 spiro atoms. The van der Waals surface area contributed by atoms with E-state index < -0.39 is 5.60 Å². The highest BCUT2D eigenvalue weighted by Gasteiger charge is 2.29. The summed E-state index contributed by atoms with van der Waals surface area (Å²) in [6.45, 7) is 6.27. The molecule has 0 aliphatic carbocycles.